The van der Waals surface area contributed by atoms with Crippen molar-refractivity contribution in [1.82, 2.24) is 5.43 Å². The van der Waals surface area contributed by atoms with E-state index < -0.39 is 17.7 Å². The average Bonchev–Trinajstić information content (AvgIpc) is 2.79. The Hall–Kier alpha value is -3.29. The highest BCUT2D eigenvalue weighted by Crippen LogP contribution is 2.33. The summed E-state index contributed by atoms with van der Waals surface area (Å²) in [6.07, 6.45) is 3.58. The van der Waals surface area contributed by atoms with Crippen LogP contribution in [0.15, 0.2) is 75.5 Å². The van der Waals surface area contributed by atoms with Crippen LogP contribution in [-0.4, -0.2) is 29.5 Å². The van der Waals surface area contributed by atoms with Crippen LogP contribution < -0.4 is 10.2 Å². The molecule has 0 saturated carbocycles. The summed E-state index contributed by atoms with van der Waals surface area (Å²) < 4.78 is 24.8. The van der Waals surface area contributed by atoms with Crippen LogP contribution in [0.4, 0.5) is 4.39 Å². The highest BCUT2D eigenvalue weighted by atomic mass is 79.9. The van der Waals surface area contributed by atoms with E-state index in [9.17, 15) is 14.0 Å². The van der Waals surface area contributed by atoms with E-state index in [4.69, 9.17) is 14.7 Å². The molecule has 2 aromatic carbocycles. The minimum Gasteiger partial charge on any atom is -0.482 e. The predicted octanol–water partition coefficient (Wildman–Crippen LogP) is 4.74. The van der Waals surface area contributed by atoms with Crippen LogP contribution in [0.2, 0.25) is 0 Å². The van der Waals surface area contributed by atoms with Gasteiger partial charge in [0.05, 0.1) is 21.8 Å². The molecule has 7 nitrogen and oxygen atoms in total. The lowest BCUT2D eigenvalue weighted by Gasteiger charge is -2.19. The highest BCUT2D eigenvalue weighted by molar-refractivity contribution is 9.12. The van der Waals surface area contributed by atoms with Gasteiger partial charge in [-0.25, -0.2) is 14.6 Å². The Labute approximate surface area is 205 Å². The normalized spacial score (nSPS) is 15.6. The zero-order chi connectivity index (χ0) is 23.8. The maximum atomic E-state index is 13.4. The van der Waals surface area contributed by atoms with Gasteiger partial charge in [-0.15, -0.1) is 0 Å². The zero-order valence-electron chi connectivity index (χ0n) is 16.9. The van der Waals surface area contributed by atoms with Gasteiger partial charge in [0.1, 0.15) is 23.4 Å². The molecule has 1 atom stereocenters. The molecular weight excluding hydrogens is 561 g/mol. The Kier molecular flexibility index (Phi) is 8.52. The van der Waals surface area contributed by atoms with Gasteiger partial charge >= 0.3 is 5.97 Å². The molecule has 0 fully saturated rings. The van der Waals surface area contributed by atoms with Crippen molar-refractivity contribution in [3.05, 3.63) is 87.4 Å². The first-order valence-electron chi connectivity index (χ1n) is 9.54. The number of carbonyl (C=O) groups excluding carboxylic acids is 2. The molecule has 3 rings (SSSR count). The molecule has 0 radical (unpaired) electrons. The van der Waals surface area contributed by atoms with Crippen molar-refractivity contribution in [3.8, 4) is 11.8 Å². The van der Waals surface area contributed by atoms with Crippen LogP contribution >= 0.6 is 31.9 Å². The SMILES string of the molecule is N#Cc1ccccc1OCC(=O)N/N=C/C1=C(OC(=O)c2cccc(F)c2)C(Br)=CC(Br)C1. The molecule has 33 heavy (non-hydrogen) atoms. The Morgan fingerprint density at radius 3 is 2.82 bits per heavy atom. The Bertz CT molecular complexity index is 1200. The number of benzene rings is 2. The van der Waals surface area contributed by atoms with Crippen molar-refractivity contribution in [1.29, 1.82) is 5.26 Å². The maximum Gasteiger partial charge on any atom is 0.343 e. The Morgan fingerprint density at radius 1 is 1.27 bits per heavy atom. The number of para-hydroxylation sites is 1. The lowest BCUT2D eigenvalue weighted by atomic mass is 10.0. The monoisotopic (exact) mass is 575 g/mol. The molecule has 0 aromatic heterocycles. The van der Waals surface area contributed by atoms with Crippen molar-refractivity contribution >= 4 is 50.0 Å². The standard InChI is InChI=1S/C23H16Br2FN3O4/c24-17-8-16(12-28-29-21(30)13-32-20-7-2-1-4-15(20)11-27)22(19(25)10-17)33-23(31)14-5-3-6-18(26)9-14/h1-7,9-10,12,17H,8,13H2,(H,29,30)/b28-12+. The van der Waals surface area contributed by atoms with Crippen LogP contribution in [0.25, 0.3) is 0 Å². The fourth-order valence-electron chi connectivity index (χ4n) is 2.78. The topological polar surface area (TPSA) is 101 Å². The molecule has 1 amide bonds. The summed E-state index contributed by atoms with van der Waals surface area (Å²) in [5.41, 5.74) is 3.22. The molecule has 0 aliphatic heterocycles. The van der Waals surface area contributed by atoms with E-state index in [1.807, 2.05) is 6.07 Å². The van der Waals surface area contributed by atoms with Gasteiger partial charge in [-0.1, -0.05) is 40.2 Å². The van der Waals surface area contributed by atoms with Crippen molar-refractivity contribution in [2.45, 2.75) is 11.2 Å². The molecule has 168 valence electrons. The molecular formula is C23H16Br2FN3O4. The van der Waals surface area contributed by atoms with E-state index >= 15 is 0 Å². The number of hydrogen-bond acceptors (Lipinski definition) is 6. The highest BCUT2D eigenvalue weighted by Gasteiger charge is 2.23. The second kappa shape index (κ2) is 11.5. The lowest BCUT2D eigenvalue weighted by Crippen LogP contribution is -2.25. The average molecular weight is 577 g/mol. The summed E-state index contributed by atoms with van der Waals surface area (Å²) in [5.74, 6) is -1.34. The minimum absolute atomic E-state index is 0.0585. The number of hydrogen-bond donors (Lipinski definition) is 1. The smallest absolute Gasteiger partial charge is 0.343 e. The first-order chi connectivity index (χ1) is 15.9. The predicted molar refractivity (Wildman–Crippen MR) is 126 cm³/mol. The molecule has 1 unspecified atom stereocenters. The summed E-state index contributed by atoms with van der Waals surface area (Å²) in [6, 6.07) is 13.7. The van der Waals surface area contributed by atoms with Gasteiger partial charge in [-0.2, -0.15) is 10.4 Å². The fourth-order valence-corrected chi connectivity index (χ4v) is 4.41. The summed E-state index contributed by atoms with van der Waals surface area (Å²) in [5, 5.41) is 13.0. The minimum atomic E-state index is -0.734. The van der Waals surface area contributed by atoms with Gasteiger partial charge in [0, 0.05) is 10.4 Å². The van der Waals surface area contributed by atoms with Gasteiger partial charge in [-0.05, 0) is 52.7 Å². The van der Waals surface area contributed by atoms with Gasteiger partial charge in [0.15, 0.2) is 6.61 Å². The third kappa shape index (κ3) is 6.84. The van der Waals surface area contributed by atoms with Crippen LogP contribution in [0, 0.1) is 17.1 Å². The van der Waals surface area contributed by atoms with E-state index in [0.717, 1.165) is 6.07 Å². The third-order valence-corrected chi connectivity index (χ3v) is 5.49. The van der Waals surface area contributed by atoms with Crippen molar-refractivity contribution in [3.63, 3.8) is 0 Å². The lowest BCUT2D eigenvalue weighted by molar-refractivity contribution is -0.123. The van der Waals surface area contributed by atoms with Crippen LogP contribution in [0.5, 0.6) is 5.75 Å². The van der Waals surface area contributed by atoms with Crippen molar-refractivity contribution in [2.75, 3.05) is 6.61 Å². The number of esters is 1. The molecule has 2 aromatic rings. The number of carbonyl (C=O) groups is 2. The molecule has 0 bridgehead atoms. The number of nitrogens with one attached hydrogen (secondary N) is 1. The fraction of sp³-hybridized carbons (Fsp3) is 0.130. The molecule has 0 heterocycles. The summed E-state index contributed by atoms with van der Waals surface area (Å²) in [6.45, 7) is -0.346. The van der Waals surface area contributed by atoms with Crippen LogP contribution in [0.1, 0.15) is 22.3 Å². The van der Waals surface area contributed by atoms with Crippen molar-refractivity contribution < 1.29 is 23.5 Å². The van der Waals surface area contributed by atoms with Gasteiger partial charge < -0.3 is 9.47 Å². The van der Waals surface area contributed by atoms with E-state index in [0.29, 0.717) is 22.0 Å². The molecule has 0 saturated heterocycles. The van der Waals surface area contributed by atoms with Gasteiger partial charge in [-0.3, -0.25) is 4.79 Å². The Morgan fingerprint density at radius 2 is 2.06 bits per heavy atom. The van der Waals surface area contributed by atoms with Gasteiger partial charge in [0.25, 0.3) is 5.91 Å². The second-order valence-electron chi connectivity index (χ2n) is 6.68. The summed E-state index contributed by atoms with van der Waals surface area (Å²) in [7, 11) is 0. The van der Waals surface area contributed by atoms with E-state index in [1.165, 1.54) is 24.4 Å². The molecule has 1 N–H and O–H groups in total. The number of nitriles is 1. The number of hydrazone groups is 1. The number of allylic oxidation sites excluding steroid dienone is 3. The zero-order valence-corrected chi connectivity index (χ0v) is 20.1. The largest absolute Gasteiger partial charge is 0.482 e. The third-order valence-electron chi connectivity index (χ3n) is 4.28. The van der Waals surface area contributed by atoms with E-state index in [-0.39, 0.29) is 28.5 Å². The second-order valence-corrected chi connectivity index (χ2v) is 8.71. The number of halogens is 3. The number of ether oxygens (including phenoxy) is 2. The van der Waals surface area contributed by atoms with E-state index in [2.05, 4.69) is 42.4 Å². The Balaban J connectivity index is 1.67. The van der Waals surface area contributed by atoms with Crippen molar-refractivity contribution in [2.24, 2.45) is 5.10 Å². The van der Waals surface area contributed by atoms with Gasteiger partial charge in [0.2, 0.25) is 0 Å². The number of alkyl halides is 1. The molecule has 10 heteroatoms. The number of rotatable bonds is 7. The van der Waals surface area contributed by atoms with E-state index in [1.54, 1.807) is 30.3 Å². The van der Waals surface area contributed by atoms with Crippen LogP contribution in [-0.2, 0) is 9.53 Å². The molecule has 1 aliphatic carbocycles. The first kappa shape index (κ1) is 24.4. The molecule has 1 aliphatic rings. The number of nitrogens with zero attached hydrogens (tertiary/aromatic N) is 2. The summed E-state index contributed by atoms with van der Waals surface area (Å²) >= 11 is 6.84. The first-order valence-corrected chi connectivity index (χ1v) is 11.2. The quantitative estimate of drug-likeness (QED) is 0.222. The summed E-state index contributed by atoms with van der Waals surface area (Å²) in [4.78, 5) is 24.5. The maximum absolute atomic E-state index is 13.4. The molecule has 0 spiro atoms. The number of amides is 1. The van der Waals surface area contributed by atoms with Crippen LogP contribution in [0.3, 0.4) is 0 Å².